The summed E-state index contributed by atoms with van der Waals surface area (Å²) < 4.78 is 2.77. The second-order valence-electron chi connectivity index (χ2n) is 7.10. The van der Waals surface area contributed by atoms with Crippen LogP contribution in [0.2, 0.25) is 0 Å². The van der Waals surface area contributed by atoms with Gasteiger partial charge in [0.25, 0.3) is 5.56 Å². The van der Waals surface area contributed by atoms with Crippen LogP contribution in [0.15, 0.2) is 65.7 Å². The molecular weight excluding hydrogens is 368 g/mol. The fraction of sp³-hybridized carbons (Fsp3) is 0.333. The largest absolute Gasteiger partial charge is 0.339 e. The minimum atomic E-state index is -0.296. The Kier molecular flexibility index (Phi) is 5.81. The summed E-state index contributed by atoms with van der Waals surface area (Å²) >= 11 is 0. The van der Waals surface area contributed by atoms with E-state index in [0.29, 0.717) is 18.9 Å². The van der Waals surface area contributed by atoms with Gasteiger partial charge in [-0.25, -0.2) is 9.36 Å². The highest BCUT2D eigenvalue weighted by molar-refractivity contribution is 5.76. The van der Waals surface area contributed by atoms with Crippen molar-refractivity contribution in [2.45, 2.75) is 13.0 Å². The van der Waals surface area contributed by atoms with Crippen molar-refractivity contribution in [3.8, 4) is 5.82 Å². The zero-order valence-electron chi connectivity index (χ0n) is 16.2. The Hall–Kier alpha value is -3.26. The van der Waals surface area contributed by atoms with E-state index in [4.69, 9.17) is 0 Å². The second kappa shape index (κ2) is 8.83. The maximum atomic E-state index is 12.7. The van der Waals surface area contributed by atoms with E-state index in [1.165, 1.54) is 16.3 Å². The van der Waals surface area contributed by atoms with Crippen LogP contribution in [0.1, 0.15) is 5.56 Å². The Balaban J connectivity index is 1.31. The lowest BCUT2D eigenvalue weighted by atomic mass is 10.1. The van der Waals surface area contributed by atoms with E-state index in [2.05, 4.69) is 39.4 Å². The summed E-state index contributed by atoms with van der Waals surface area (Å²) in [5.41, 5.74) is 1.03. The number of rotatable bonds is 6. The molecule has 1 saturated heterocycles. The molecule has 0 unspecified atom stereocenters. The zero-order valence-corrected chi connectivity index (χ0v) is 16.2. The Morgan fingerprint density at radius 2 is 1.76 bits per heavy atom. The molecule has 1 amide bonds. The molecule has 8 nitrogen and oxygen atoms in total. The quantitative estimate of drug-likeness (QED) is 0.621. The van der Waals surface area contributed by atoms with Crippen LogP contribution < -0.4 is 5.56 Å². The van der Waals surface area contributed by atoms with Crippen LogP contribution in [0, 0.1) is 0 Å². The van der Waals surface area contributed by atoms with Gasteiger partial charge in [-0.15, -0.1) is 5.10 Å². The average molecular weight is 392 g/mol. The van der Waals surface area contributed by atoms with Gasteiger partial charge in [0.05, 0.1) is 0 Å². The summed E-state index contributed by atoms with van der Waals surface area (Å²) in [5.74, 6) is 0.424. The number of nitrogens with zero attached hydrogens (tertiary/aromatic N) is 6. The molecule has 8 heteroatoms. The summed E-state index contributed by atoms with van der Waals surface area (Å²) in [4.78, 5) is 29.0. The molecule has 0 radical (unpaired) electrons. The van der Waals surface area contributed by atoms with Gasteiger partial charge in [0.15, 0.2) is 5.82 Å². The van der Waals surface area contributed by atoms with Crippen molar-refractivity contribution in [1.82, 2.24) is 29.4 Å². The SMILES string of the molecule is O=C(Cn1nc(-n2cccn2)ccc1=O)N1CCN(CCc2ccccc2)CC1. The average Bonchev–Trinajstić information content (AvgIpc) is 3.30. The van der Waals surface area contributed by atoms with E-state index in [1.807, 2.05) is 11.0 Å². The Bertz CT molecular complexity index is 992. The normalized spacial score (nSPS) is 14.8. The molecule has 0 spiro atoms. The number of amides is 1. The molecule has 1 aliphatic rings. The van der Waals surface area contributed by atoms with Crippen molar-refractivity contribution in [2.24, 2.45) is 0 Å². The van der Waals surface area contributed by atoms with E-state index in [0.717, 1.165) is 26.1 Å². The van der Waals surface area contributed by atoms with Crippen LogP contribution in [-0.4, -0.2) is 68.0 Å². The molecule has 3 heterocycles. The van der Waals surface area contributed by atoms with Crippen molar-refractivity contribution < 1.29 is 4.79 Å². The summed E-state index contributed by atoms with van der Waals surface area (Å²) in [6, 6.07) is 15.2. The van der Waals surface area contributed by atoms with E-state index >= 15 is 0 Å². The summed E-state index contributed by atoms with van der Waals surface area (Å²) in [6.45, 7) is 3.95. The van der Waals surface area contributed by atoms with Gasteiger partial charge in [-0.1, -0.05) is 30.3 Å². The number of hydrogen-bond donors (Lipinski definition) is 0. The molecule has 0 saturated carbocycles. The lowest BCUT2D eigenvalue weighted by molar-refractivity contribution is -0.133. The molecule has 4 rings (SSSR count). The summed E-state index contributed by atoms with van der Waals surface area (Å²) in [5, 5.41) is 8.39. The monoisotopic (exact) mass is 392 g/mol. The molecule has 29 heavy (non-hydrogen) atoms. The highest BCUT2D eigenvalue weighted by Crippen LogP contribution is 2.06. The molecule has 3 aromatic rings. The van der Waals surface area contributed by atoms with E-state index in [9.17, 15) is 9.59 Å². The molecular formula is C21H24N6O2. The Labute approximate surface area is 169 Å². The van der Waals surface area contributed by atoms with Gasteiger partial charge in [0, 0.05) is 51.2 Å². The van der Waals surface area contributed by atoms with E-state index in [-0.39, 0.29) is 18.0 Å². The predicted molar refractivity (Wildman–Crippen MR) is 109 cm³/mol. The molecule has 0 bridgehead atoms. The maximum absolute atomic E-state index is 12.7. The standard InChI is InChI=1S/C21H24N6O2/c28-20-8-7-19(26-11-4-10-22-26)23-27(20)17-21(29)25-15-13-24(14-16-25)12-9-18-5-2-1-3-6-18/h1-8,10-11H,9,12-17H2. The number of hydrogen-bond acceptors (Lipinski definition) is 5. The fourth-order valence-electron chi connectivity index (χ4n) is 3.46. The fourth-order valence-corrected chi connectivity index (χ4v) is 3.46. The first kappa shape index (κ1) is 19.1. The molecule has 1 aliphatic heterocycles. The third-order valence-corrected chi connectivity index (χ3v) is 5.16. The minimum Gasteiger partial charge on any atom is -0.339 e. The Morgan fingerprint density at radius 3 is 2.48 bits per heavy atom. The molecule has 1 aromatic carbocycles. The van der Waals surface area contributed by atoms with Crippen LogP contribution >= 0.6 is 0 Å². The number of piperazine rings is 1. The van der Waals surface area contributed by atoms with Crippen LogP contribution in [0.25, 0.3) is 5.82 Å². The predicted octanol–water partition coefficient (Wildman–Crippen LogP) is 0.816. The Morgan fingerprint density at radius 1 is 0.966 bits per heavy atom. The highest BCUT2D eigenvalue weighted by atomic mass is 16.2. The lowest BCUT2D eigenvalue weighted by Gasteiger charge is -2.34. The minimum absolute atomic E-state index is 0.0576. The van der Waals surface area contributed by atoms with E-state index in [1.54, 1.807) is 29.2 Å². The van der Waals surface area contributed by atoms with E-state index < -0.39 is 0 Å². The lowest BCUT2D eigenvalue weighted by Crippen LogP contribution is -2.50. The molecule has 0 aliphatic carbocycles. The van der Waals surface area contributed by atoms with Gasteiger partial charge in [-0.2, -0.15) is 5.10 Å². The van der Waals surface area contributed by atoms with Crippen molar-refractivity contribution in [1.29, 1.82) is 0 Å². The van der Waals surface area contributed by atoms with Crippen molar-refractivity contribution in [3.05, 3.63) is 76.8 Å². The number of carbonyl (C=O) groups excluding carboxylic acids is 1. The van der Waals surface area contributed by atoms with Gasteiger partial charge in [-0.3, -0.25) is 14.5 Å². The van der Waals surface area contributed by atoms with Gasteiger partial charge in [0.1, 0.15) is 6.54 Å². The third kappa shape index (κ3) is 4.78. The smallest absolute Gasteiger partial charge is 0.267 e. The molecule has 1 fully saturated rings. The molecule has 0 N–H and O–H groups in total. The topological polar surface area (TPSA) is 76.3 Å². The molecule has 150 valence electrons. The van der Waals surface area contributed by atoms with Gasteiger partial charge in [-0.05, 0) is 24.1 Å². The molecule has 2 aromatic heterocycles. The first-order chi connectivity index (χ1) is 14.2. The first-order valence-electron chi connectivity index (χ1n) is 9.81. The van der Waals surface area contributed by atoms with Crippen molar-refractivity contribution in [3.63, 3.8) is 0 Å². The third-order valence-electron chi connectivity index (χ3n) is 5.16. The number of benzene rings is 1. The van der Waals surface area contributed by atoms with Crippen molar-refractivity contribution in [2.75, 3.05) is 32.7 Å². The van der Waals surface area contributed by atoms with Gasteiger partial charge >= 0.3 is 0 Å². The summed E-state index contributed by atoms with van der Waals surface area (Å²) in [7, 11) is 0. The zero-order chi connectivity index (χ0) is 20.1. The van der Waals surface area contributed by atoms with Crippen molar-refractivity contribution >= 4 is 5.91 Å². The maximum Gasteiger partial charge on any atom is 0.267 e. The van der Waals surface area contributed by atoms with Crippen LogP contribution in [0.3, 0.4) is 0 Å². The molecule has 0 atom stereocenters. The highest BCUT2D eigenvalue weighted by Gasteiger charge is 2.21. The van der Waals surface area contributed by atoms with Crippen LogP contribution in [-0.2, 0) is 17.8 Å². The van der Waals surface area contributed by atoms with Gasteiger partial charge in [0.2, 0.25) is 5.91 Å². The van der Waals surface area contributed by atoms with Gasteiger partial charge < -0.3 is 4.90 Å². The number of aromatic nitrogens is 4. The van der Waals surface area contributed by atoms with Crippen LogP contribution in [0.5, 0.6) is 0 Å². The first-order valence-corrected chi connectivity index (χ1v) is 9.81. The van der Waals surface area contributed by atoms with Crippen LogP contribution in [0.4, 0.5) is 0 Å². The second-order valence-corrected chi connectivity index (χ2v) is 7.10. The summed E-state index contributed by atoms with van der Waals surface area (Å²) in [6.07, 6.45) is 4.39. The number of carbonyl (C=O) groups is 1.